The Morgan fingerprint density at radius 3 is 0.381 bits per heavy atom. The second-order valence-electron chi connectivity index (χ2n) is 2.01. The van der Waals surface area contributed by atoms with Gasteiger partial charge in [-0.1, -0.05) is 0 Å². The van der Waals surface area contributed by atoms with Crippen LogP contribution in [-0.4, -0.2) is 30.2 Å². The standard InChI is InChI=1S/5CH4N2O.Li.H/c5*2-1(3)4;;/h5*(H4,2,3,4);;/q;;;;;+1;-1. The largest absolute Gasteiger partial charge is 1.00 e. The predicted octanol–water partition coefficient (Wildman–Crippen LogP) is -7.76. The van der Waals surface area contributed by atoms with Crippen molar-refractivity contribution < 1.29 is 44.3 Å². The first-order valence-electron chi connectivity index (χ1n) is 3.91. The van der Waals surface area contributed by atoms with Crippen molar-refractivity contribution in [1.29, 1.82) is 0 Å². The maximum atomic E-state index is 9.00. The van der Waals surface area contributed by atoms with Crippen molar-refractivity contribution in [2.75, 3.05) is 0 Å². The van der Waals surface area contributed by atoms with E-state index in [0.29, 0.717) is 0 Å². The number of amides is 10. The van der Waals surface area contributed by atoms with Crippen LogP contribution in [0.5, 0.6) is 0 Å². The van der Waals surface area contributed by atoms with E-state index in [0.717, 1.165) is 0 Å². The molecule has 15 nitrogen and oxygen atoms in total. The molecule has 0 aromatic rings. The van der Waals surface area contributed by atoms with Gasteiger partial charge in [0.15, 0.2) is 0 Å². The second kappa shape index (κ2) is 30.2. The van der Waals surface area contributed by atoms with Crippen molar-refractivity contribution >= 4 is 30.2 Å². The molecule has 0 aromatic carbocycles. The smallest absolute Gasteiger partial charge is 1.00 e. The molecule has 0 aliphatic carbocycles. The zero-order chi connectivity index (χ0) is 17.9. The van der Waals surface area contributed by atoms with E-state index >= 15 is 0 Å². The second-order valence-corrected chi connectivity index (χ2v) is 2.01. The van der Waals surface area contributed by atoms with Gasteiger partial charge in [-0.25, -0.2) is 24.0 Å². The molecule has 0 bridgehead atoms. The van der Waals surface area contributed by atoms with E-state index in [1.165, 1.54) is 0 Å². The van der Waals surface area contributed by atoms with Crippen LogP contribution in [0.1, 0.15) is 1.43 Å². The van der Waals surface area contributed by atoms with Gasteiger partial charge in [-0.15, -0.1) is 0 Å². The molecular formula is C5H21LiN10O5. The maximum Gasteiger partial charge on any atom is 1.00 e. The predicted molar refractivity (Wildman–Crippen MR) is 70.0 cm³/mol. The molecule has 0 spiro atoms. The molecule has 0 saturated heterocycles. The molecule has 122 valence electrons. The zero-order valence-electron chi connectivity index (χ0n) is 12.3. The Morgan fingerprint density at radius 1 is 0.381 bits per heavy atom. The first-order valence-corrected chi connectivity index (χ1v) is 3.91. The van der Waals surface area contributed by atoms with Crippen molar-refractivity contribution in [1.82, 2.24) is 0 Å². The van der Waals surface area contributed by atoms with Gasteiger partial charge in [0.1, 0.15) is 0 Å². The number of carbonyl (C=O) groups excluding carboxylic acids is 5. The molecule has 0 atom stereocenters. The third-order valence-electron chi connectivity index (χ3n) is 0. The Kier molecular flexibility index (Phi) is 51.9. The van der Waals surface area contributed by atoms with E-state index in [4.69, 9.17) is 24.0 Å². The van der Waals surface area contributed by atoms with Crippen LogP contribution >= 0.6 is 0 Å². The summed E-state index contributed by atoms with van der Waals surface area (Å²) in [6.07, 6.45) is 0. The molecule has 20 N–H and O–H groups in total. The number of primary amides is 10. The van der Waals surface area contributed by atoms with E-state index < -0.39 is 30.2 Å². The molecule has 0 unspecified atom stereocenters. The summed E-state index contributed by atoms with van der Waals surface area (Å²) >= 11 is 0. The number of hydrogen-bond acceptors (Lipinski definition) is 5. The third-order valence-corrected chi connectivity index (χ3v) is 0. The monoisotopic (exact) mass is 308 g/mol. The van der Waals surface area contributed by atoms with Crippen molar-refractivity contribution in [3.8, 4) is 0 Å². The van der Waals surface area contributed by atoms with Crippen molar-refractivity contribution in [2.45, 2.75) is 0 Å². The van der Waals surface area contributed by atoms with E-state index in [1.54, 1.807) is 0 Å². The van der Waals surface area contributed by atoms with Gasteiger partial charge >= 0.3 is 49.0 Å². The SMILES string of the molecule is NC(N)=O.NC(N)=O.NC(N)=O.NC(N)=O.NC(N)=O.[H-].[Li+]. The van der Waals surface area contributed by atoms with Gasteiger partial charge in [0.2, 0.25) is 0 Å². The summed E-state index contributed by atoms with van der Waals surface area (Å²) in [5.41, 5.74) is 42.5. The summed E-state index contributed by atoms with van der Waals surface area (Å²) in [5.74, 6) is 0. The van der Waals surface area contributed by atoms with Gasteiger partial charge in [0, 0.05) is 0 Å². The van der Waals surface area contributed by atoms with E-state index in [9.17, 15) is 0 Å². The summed E-state index contributed by atoms with van der Waals surface area (Å²) in [6.45, 7) is 0. The Balaban J connectivity index is -0.0000000250. The minimum absolute atomic E-state index is 0. The quantitative estimate of drug-likeness (QED) is 0.194. The normalized spacial score (nSPS) is 5.71. The number of hydrogen-bond donors (Lipinski definition) is 10. The van der Waals surface area contributed by atoms with Gasteiger partial charge in [-0.3, -0.25) is 0 Å². The summed E-state index contributed by atoms with van der Waals surface area (Å²) in [6, 6.07) is -4.17. The van der Waals surface area contributed by atoms with Crippen molar-refractivity contribution in [3.05, 3.63) is 0 Å². The topological polar surface area (TPSA) is 346 Å². The fourth-order valence-corrected chi connectivity index (χ4v) is 0. The molecule has 0 aromatic heterocycles. The zero-order valence-corrected chi connectivity index (χ0v) is 11.3. The molecule has 0 aliphatic heterocycles. The Hall–Kier alpha value is -3.05. The van der Waals surface area contributed by atoms with E-state index in [1.807, 2.05) is 0 Å². The number of urea groups is 5. The van der Waals surface area contributed by atoms with Crippen molar-refractivity contribution in [2.24, 2.45) is 57.3 Å². The van der Waals surface area contributed by atoms with Crippen LogP contribution in [0.4, 0.5) is 24.0 Å². The maximum absolute atomic E-state index is 9.00. The van der Waals surface area contributed by atoms with Gasteiger partial charge in [0.25, 0.3) is 0 Å². The van der Waals surface area contributed by atoms with Gasteiger partial charge in [-0.2, -0.15) is 0 Å². The van der Waals surface area contributed by atoms with Gasteiger partial charge < -0.3 is 58.8 Å². The van der Waals surface area contributed by atoms with Gasteiger partial charge in [-0.05, 0) is 0 Å². The van der Waals surface area contributed by atoms with Crippen LogP contribution in [0.3, 0.4) is 0 Å². The fraction of sp³-hybridized carbons (Fsp3) is 0. The summed E-state index contributed by atoms with van der Waals surface area (Å²) in [7, 11) is 0. The molecule has 16 heteroatoms. The minimum atomic E-state index is -0.833. The molecule has 0 heterocycles. The average Bonchev–Trinajstić information content (AvgIpc) is 1.94. The van der Waals surface area contributed by atoms with Crippen LogP contribution in [0, 0.1) is 0 Å². The van der Waals surface area contributed by atoms with Crippen LogP contribution in [0.2, 0.25) is 0 Å². The molecular weight excluding hydrogens is 287 g/mol. The Morgan fingerprint density at radius 2 is 0.381 bits per heavy atom. The van der Waals surface area contributed by atoms with E-state index in [-0.39, 0.29) is 20.3 Å². The molecule has 0 rings (SSSR count). The van der Waals surface area contributed by atoms with Crippen LogP contribution < -0.4 is 76.2 Å². The van der Waals surface area contributed by atoms with Gasteiger partial charge in [0.05, 0.1) is 0 Å². The number of carbonyl (C=O) groups is 5. The molecule has 21 heavy (non-hydrogen) atoms. The Bertz CT molecular complexity index is 226. The van der Waals surface area contributed by atoms with Crippen molar-refractivity contribution in [3.63, 3.8) is 0 Å². The molecule has 0 aliphatic rings. The Labute approximate surface area is 132 Å². The molecule has 10 amide bonds. The minimum Gasteiger partial charge on any atom is -1.00 e. The first kappa shape index (κ1) is 36.1. The van der Waals surface area contributed by atoms with E-state index in [2.05, 4.69) is 57.3 Å². The molecule has 0 saturated carbocycles. The summed E-state index contributed by atoms with van der Waals surface area (Å²) in [5, 5.41) is 0. The summed E-state index contributed by atoms with van der Waals surface area (Å²) < 4.78 is 0. The number of nitrogens with two attached hydrogens (primary N) is 10. The van der Waals surface area contributed by atoms with Crippen LogP contribution in [-0.2, 0) is 0 Å². The molecule has 0 fully saturated rings. The molecule has 0 radical (unpaired) electrons. The fourth-order valence-electron chi connectivity index (χ4n) is 0. The number of rotatable bonds is 0. The first-order chi connectivity index (χ1) is 8.66. The third kappa shape index (κ3) is 406. The summed E-state index contributed by atoms with van der Waals surface area (Å²) in [4.78, 5) is 45.0. The average molecular weight is 308 g/mol. The van der Waals surface area contributed by atoms with Crippen LogP contribution in [0.15, 0.2) is 0 Å². The van der Waals surface area contributed by atoms with Crippen LogP contribution in [0.25, 0.3) is 0 Å².